The van der Waals surface area contributed by atoms with Crippen LogP contribution in [0.5, 0.6) is 0 Å². The van der Waals surface area contributed by atoms with Crippen LogP contribution in [0, 0.1) is 20.2 Å². The van der Waals surface area contributed by atoms with Crippen LogP contribution in [0.4, 0.5) is 16.2 Å². The topological polar surface area (TPSA) is 148 Å². The first kappa shape index (κ1) is 37.9. The highest BCUT2D eigenvalue weighted by Crippen LogP contribution is 2.25. The molecule has 0 saturated carbocycles. The van der Waals surface area contributed by atoms with Gasteiger partial charge in [-0.3, -0.25) is 25.0 Å². The second-order valence-electron chi connectivity index (χ2n) is 13.4. The number of quaternary nitrogens is 2. The highest BCUT2D eigenvalue weighted by atomic mass is 16.8. The molecule has 1 heterocycles. The van der Waals surface area contributed by atoms with Crippen molar-refractivity contribution in [2.45, 2.75) is 64.6 Å². The second-order valence-corrected chi connectivity index (χ2v) is 13.4. The lowest BCUT2D eigenvalue weighted by molar-refractivity contribution is -0.945. The summed E-state index contributed by atoms with van der Waals surface area (Å²) >= 11 is 0. The molecule has 1 atom stereocenters. The number of nitro benzene ring substituents is 2. The number of unbranched alkanes of at least 4 members (excludes halogenated alkanes) is 2. The molecule has 0 aromatic heterocycles. The fourth-order valence-electron chi connectivity index (χ4n) is 6.66. The van der Waals surface area contributed by atoms with Crippen LogP contribution in [0.25, 0.3) is 0 Å². The molecule has 0 spiro atoms. The lowest BCUT2D eigenvalue weighted by Crippen LogP contribution is -2.51. The van der Waals surface area contributed by atoms with Crippen molar-refractivity contribution < 1.29 is 42.6 Å². The lowest BCUT2D eigenvalue weighted by atomic mass is 10.0. The summed E-state index contributed by atoms with van der Waals surface area (Å²) in [5.41, 5.74) is 3.24. The van der Waals surface area contributed by atoms with Crippen LogP contribution >= 0.6 is 0 Å². The summed E-state index contributed by atoms with van der Waals surface area (Å²) in [6.45, 7) is 5.19. The Labute approximate surface area is 292 Å². The molecular formula is C37H48N4O9+2. The van der Waals surface area contributed by atoms with Gasteiger partial charge in [0.2, 0.25) is 6.79 Å². The summed E-state index contributed by atoms with van der Waals surface area (Å²) in [4.78, 5) is 45.8. The summed E-state index contributed by atoms with van der Waals surface area (Å²) in [5.74, 6) is -0.444. The largest absolute Gasteiger partial charge is 0.511 e. The number of esters is 1. The zero-order chi connectivity index (χ0) is 35.8. The zero-order valence-electron chi connectivity index (χ0n) is 28.8. The molecule has 13 nitrogen and oxygen atoms in total. The molecule has 1 unspecified atom stereocenters. The number of benzene rings is 3. The monoisotopic (exact) mass is 692 g/mol. The summed E-state index contributed by atoms with van der Waals surface area (Å²) < 4.78 is 16.8. The number of nitrogens with zero attached hydrogens (tertiary/aromatic N) is 4. The molecule has 268 valence electrons. The molecule has 0 radical (unpaired) electrons. The molecule has 4 rings (SSSR count). The van der Waals surface area contributed by atoms with Gasteiger partial charge in [-0.1, -0.05) is 30.3 Å². The molecule has 3 aromatic rings. The van der Waals surface area contributed by atoms with Gasteiger partial charge in [-0.2, -0.15) is 0 Å². The number of nitro groups is 2. The highest BCUT2D eigenvalue weighted by Gasteiger charge is 2.30. The first-order valence-corrected chi connectivity index (χ1v) is 17.2. The Hall–Kier alpha value is -4.88. The Kier molecular flexibility index (Phi) is 14.2. The fraction of sp³-hybridized carbons (Fsp3) is 0.459. The minimum Gasteiger partial charge on any atom is -0.428 e. The Morgan fingerprint density at radius 3 is 1.90 bits per heavy atom. The molecule has 0 N–H and O–H groups in total. The number of hydrogen-bond acceptors (Lipinski definition) is 9. The molecule has 13 heteroatoms. The molecule has 50 heavy (non-hydrogen) atoms. The standard InChI is InChI=1S/C37H48N4O9/c1-40(27-31-11-5-2-6-12-31,28-32-14-18-34(19-15-32)38(44)45)25-26-48-37(43)50-30-49-36(42)13-7-3-8-22-41(23-9-4-10-24-41)29-33-16-20-35(21-17-33)39(46)47/h2,5-6,11-12,14-21H,3-4,7-10,13,22-30H2,1H3/q+2. The summed E-state index contributed by atoms with van der Waals surface area (Å²) in [6, 6.07) is 23.2. The van der Waals surface area contributed by atoms with Crippen molar-refractivity contribution in [2.75, 3.05) is 46.6 Å². The van der Waals surface area contributed by atoms with Gasteiger partial charge in [-0.15, -0.1) is 0 Å². The van der Waals surface area contributed by atoms with Crippen molar-refractivity contribution in [3.8, 4) is 0 Å². The molecule has 1 aliphatic heterocycles. The van der Waals surface area contributed by atoms with E-state index in [1.54, 1.807) is 24.3 Å². The van der Waals surface area contributed by atoms with E-state index in [4.69, 9.17) is 14.2 Å². The average Bonchev–Trinajstić information content (AvgIpc) is 3.09. The minimum absolute atomic E-state index is 0.0264. The van der Waals surface area contributed by atoms with E-state index in [1.807, 2.05) is 49.5 Å². The maximum Gasteiger partial charge on any atom is 0.511 e. The first-order chi connectivity index (χ1) is 24.0. The zero-order valence-corrected chi connectivity index (χ0v) is 28.8. The second kappa shape index (κ2) is 18.8. The third-order valence-electron chi connectivity index (χ3n) is 9.31. The van der Waals surface area contributed by atoms with E-state index in [1.165, 1.54) is 18.6 Å². The van der Waals surface area contributed by atoms with E-state index < -0.39 is 23.8 Å². The number of likely N-dealkylation sites (tertiary alicyclic amines) is 1. The first-order valence-electron chi connectivity index (χ1n) is 17.2. The number of non-ortho nitro benzene ring substituents is 2. The Morgan fingerprint density at radius 2 is 1.30 bits per heavy atom. The van der Waals surface area contributed by atoms with Crippen molar-refractivity contribution in [1.82, 2.24) is 0 Å². The Balaban J connectivity index is 1.14. The number of carbonyl (C=O) groups excluding carboxylic acids is 2. The third kappa shape index (κ3) is 12.5. The van der Waals surface area contributed by atoms with E-state index in [-0.39, 0.29) is 29.3 Å². The SMILES string of the molecule is C[N+](CCOC(=O)OCOC(=O)CCCCC[N+]1(Cc2ccc([N+](=O)[O-])cc2)CCCCC1)(Cc1ccccc1)Cc1ccc([N+](=O)[O-])cc1. The van der Waals surface area contributed by atoms with Gasteiger partial charge in [0, 0.05) is 47.4 Å². The number of carbonyl (C=O) groups is 2. The molecular weight excluding hydrogens is 644 g/mol. The average molecular weight is 693 g/mol. The third-order valence-corrected chi connectivity index (χ3v) is 9.31. The van der Waals surface area contributed by atoms with Gasteiger partial charge in [0.1, 0.15) is 32.8 Å². The van der Waals surface area contributed by atoms with Crippen LogP contribution in [0.2, 0.25) is 0 Å². The van der Waals surface area contributed by atoms with Gasteiger partial charge in [0.25, 0.3) is 11.4 Å². The number of rotatable bonds is 19. The van der Waals surface area contributed by atoms with E-state index in [0.29, 0.717) is 30.5 Å². The van der Waals surface area contributed by atoms with Gasteiger partial charge >= 0.3 is 12.1 Å². The van der Waals surface area contributed by atoms with Gasteiger partial charge in [0.15, 0.2) is 0 Å². The van der Waals surface area contributed by atoms with Crippen LogP contribution in [0.1, 0.15) is 61.6 Å². The van der Waals surface area contributed by atoms with Crippen LogP contribution < -0.4 is 0 Å². The molecule has 0 aliphatic carbocycles. The van der Waals surface area contributed by atoms with Crippen LogP contribution in [0.15, 0.2) is 78.9 Å². The van der Waals surface area contributed by atoms with Crippen molar-refractivity contribution in [3.63, 3.8) is 0 Å². The maximum atomic E-state index is 12.3. The number of piperidine rings is 1. The highest BCUT2D eigenvalue weighted by molar-refractivity contribution is 5.69. The van der Waals surface area contributed by atoms with Crippen molar-refractivity contribution >= 4 is 23.5 Å². The molecule has 1 saturated heterocycles. The van der Waals surface area contributed by atoms with E-state index >= 15 is 0 Å². The van der Waals surface area contributed by atoms with Crippen LogP contribution in [0.3, 0.4) is 0 Å². The van der Waals surface area contributed by atoms with E-state index in [2.05, 4.69) is 0 Å². The number of hydrogen-bond donors (Lipinski definition) is 0. The molecule has 1 aliphatic rings. The number of likely N-dealkylation sites (N-methyl/N-ethyl adjacent to an activating group) is 1. The Morgan fingerprint density at radius 1 is 0.720 bits per heavy atom. The fourth-order valence-corrected chi connectivity index (χ4v) is 6.66. The molecule has 0 bridgehead atoms. The smallest absolute Gasteiger partial charge is 0.428 e. The summed E-state index contributed by atoms with van der Waals surface area (Å²) in [7, 11) is 2.03. The van der Waals surface area contributed by atoms with Crippen LogP contribution in [-0.4, -0.2) is 77.6 Å². The van der Waals surface area contributed by atoms with Gasteiger partial charge < -0.3 is 23.2 Å². The predicted octanol–water partition coefficient (Wildman–Crippen LogP) is 7.07. The minimum atomic E-state index is -0.928. The van der Waals surface area contributed by atoms with Crippen molar-refractivity contribution in [2.24, 2.45) is 0 Å². The van der Waals surface area contributed by atoms with E-state index in [0.717, 1.165) is 73.0 Å². The predicted molar refractivity (Wildman–Crippen MR) is 185 cm³/mol. The normalized spacial score (nSPS) is 15.0. The quantitative estimate of drug-likeness (QED) is 0.0321. The molecule has 0 amide bonds. The maximum absolute atomic E-state index is 12.3. The number of ether oxygens (including phenoxy) is 3. The van der Waals surface area contributed by atoms with Crippen LogP contribution in [-0.2, 0) is 38.6 Å². The van der Waals surface area contributed by atoms with Gasteiger partial charge in [-0.25, -0.2) is 4.79 Å². The van der Waals surface area contributed by atoms with E-state index in [9.17, 15) is 29.8 Å². The summed E-state index contributed by atoms with van der Waals surface area (Å²) in [6.07, 6.45) is 5.31. The Bertz CT molecular complexity index is 1550. The van der Waals surface area contributed by atoms with Gasteiger partial charge in [-0.05, 0) is 62.8 Å². The van der Waals surface area contributed by atoms with Gasteiger partial charge in [0.05, 0.1) is 36.5 Å². The van der Waals surface area contributed by atoms with Crippen molar-refractivity contribution in [1.29, 1.82) is 0 Å². The lowest BCUT2D eigenvalue weighted by Gasteiger charge is -2.42. The molecule has 1 fully saturated rings. The van der Waals surface area contributed by atoms with Crippen molar-refractivity contribution in [3.05, 3.63) is 116 Å². The summed E-state index contributed by atoms with van der Waals surface area (Å²) in [5, 5.41) is 22.1. The molecule has 3 aromatic carbocycles.